The minimum absolute atomic E-state index is 0.0185. The first-order chi connectivity index (χ1) is 9.51. The molecule has 0 fully saturated rings. The van der Waals surface area contributed by atoms with Crippen LogP contribution in [-0.4, -0.2) is 15.7 Å². The van der Waals surface area contributed by atoms with Crippen molar-refractivity contribution in [2.75, 3.05) is 5.32 Å². The Bertz CT molecular complexity index is 609. The summed E-state index contributed by atoms with van der Waals surface area (Å²) in [5.74, 6) is 0.478. The monoisotopic (exact) mass is 354 g/mol. The van der Waals surface area contributed by atoms with E-state index in [1.54, 1.807) is 0 Å². The Hall–Kier alpha value is -0.940. The van der Waals surface area contributed by atoms with Crippen molar-refractivity contribution in [2.24, 2.45) is 0 Å². The molecule has 0 aliphatic rings. The molecule has 0 spiro atoms. The highest BCUT2D eigenvalue weighted by molar-refractivity contribution is 9.10. The van der Waals surface area contributed by atoms with Crippen molar-refractivity contribution < 1.29 is 4.79 Å². The second kappa shape index (κ2) is 6.68. The number of halogens is 1. The minimum Gasteiger partial charge on any atom is -0.301 e. The maximum absolute atomic E-state index is 12.0. The van der Waals surface area contributed by atoms with E-state index in [1.165, 1.54) is 16.9 Å². The van der Waals surface area contributed by atoms with E-state index in [0.717, 1.165) is 23.1 Å². The normalized spacial score (nSPS) is 12.8. The highest BCUT2D eigenvalue weighted by atomic mass is 79.9. The number of rotatable bonds is 5. The fourth-order valence-corrected chi connectivity index (χ4v) is 3.41. The van der Waals surface area contributed by atoms with Crippen LogP contribution in [0.25, 0.3) is 10.2 Å². The zero-order valence-corrected chi connectivity index (χ0v) is 14.3. The summed E-state index contributed by atoms with van der Waals surface area (Å²) in [6, 6.07) is 6.28. The van der Waals surface area contributed by atoms with Crippen LogP contribution in [0.15, 0.2) is 18.2 Å². The third kappa shape index (κ3) is 3.58. The number of thiazole rings is 1. The van der Waals surface area contributed by atoms with Crippen LogP contribution in [-0.2, 0) is 4.79 Å². The van der Waals surface area contributed by atoms with Gasteiger partial charge < -0.3 is 5.32 Å². The van der Waals surface area contributed by atoms with Gasteiger partial charge in [0.05, 0.1) is 15.0 Å². The van der Waals surface area contributed by atoms with Gasteiger partial charge in [0, 0.05) is 0 Å². The Labute approximate surface area is 131 Å². The van der Waals surface area contributed by atoms with E-state index in [0.29, 0.717) is 11.0 Å². The molecule has 20 heavy (non-hydrogen) atoms. The molecule has 0 aliphatic heterocycles. The van der Waals surface area contributed by atoms with Crippen LogP contribution in [0.1, 0.15) is 45.1 Å². The lowest BCUT2D eigenvalue weighted by Crippen LogP contribution is -2.22. The molecular formula is C15H19BrN2OS. The summed E-state index contributed by atoms with van der Waals surface area (Å²) >= 11 is 4.93. The second-order valence-electron chi connectivity index (χ2n) is 5.15. The first-order valence-corrected chi connectivity index (χ1v) is 8.60. The molecule has 1 unspecified atom stereocenters. The summed E-state index contributed by atoms with van der Waals surface area (Å²) in [4.78, 5) is 16.3. The van der Waals surface area contributed by atoms with Crippen molar-refractivity contribution in [2.45, 2.75) is 44.4 Å². The molecule has 0 aliphatic carbocycles. The van der Waals surface area contributed by atoms with Crippen molar-refractivity contribution in [3.8, 4) is 0 Å². The van der Waals surface area contributed by atoms with Crippen LogP contribution < -0.4 is 5.32 Å². The van der Waals surface area contributed by atoms with Crippen molar-refractivity contribution >= 4 is 48.5 Å². The third-order valence-corrected chi connectivity index (χ3v) is 4.94. The zero-order chi connectivity index (χ0) is 14.7. The molecule has 3 nitrogen and oxygen atoms in total. The van der Waals surface area contributed by atoms with E-state index in [1.807, 2.05) is 6.07 Å². The van der Waals surface area contributed by atoms with Gasteiger partial charge in [0.25, 0.3) is 0 Å². The van der Waals surface area contributed by atoms with Gasteiger partial charge in [-0.25, -0.2) is 4.98 Å². The summed E-state index contributed by atoms with van der Waals surface area (Å²) < 4.78 is 1.12. The lowest BCUT2D eigenvalue weighted by atomic mass is 10.0. The van der Waals surface area contributed by atoms with E-state index >= 15 is 0 Å². The fraction of sp³-hybridized carbons (Fsp3) is 0.467. The van der Waals surface area contributed by atoms with Crippen LogP contribution in [0.4, 0.5) is 5.13 Å². The van der Waals surface area contributed by atoms with Gasteiger partial charge in [0.2, 0.25) is 5.91 Å². The Morgan fingerprint density at radius 3 is 2.85 bits per heavy atom. The smallest absolute Gasteiger partial charge is 0.239 e. The van der Waals surface area contributed by atoms with Gasteiger partial charge in [0.15, 0.2) is 5.13 Å². The van der Waals surface area contributed by atoms with E-state index in [2.05, 4.69) is 59.1 Å². The molecule has 0 bridgehead atoms. The number of nitrogens with zero attached hydrogens (tertiary/aromatic N) is 1. The third-order valence-electron chi connectivity index (χ3n) is 3.14. The molecule has 1 aromatic heterocycles. The number of amides is 1. The highest BCUT2D eigenvalue weighted by Gasteiger charge is 2.15. The summed E-state index contributed by atoms with van der Waals surface area (Å²) in [5.41, 5.74) is 2.24. The van der Waals surface area contributed by atoms with Crippen molar-refractivity contribution in [1.29, 1.82) is 0 Å². The standard InChI is InChI=1S/C15H19BrN2OS/c1-4-5-11(16)14(19)18-15-17-12-7-6-10(9(2)3)8-13(12)20-15/h6-9,11H,4-5H2,1-3H3,(H,17,18,19). The van der Waals surface area contributed by atoms with Crippen molar-refractivity contribution in [3.63, 3.8) is 0 Å². The summed E-state index contributed by atoms with van der Waals surface area (Å²) in [6.07, 6.45) is 1.80. The van der Waals surface area contributed by atoms with E-state index in [4.69, 9.17) is 0 Å². The molecule has 2 rings (SSSR count). The molecule has 108 valence electrons. The first kappa shape index (κ1) is 15.4. The highest BCUT2D eigenvalue weighted by Crippen LogP contribution is 2.29. The molecule has 1 heterocycles. The van der Waals surface area contributed by atoms with Gasteiger partial charge in [-0.05, 0) is 30.0 Å². The Kier molecular flexibility index (Phi) is 5.16. The first-order valence-electron chi connectivity index (χ1n) is 6.86. The molecule has 1 aromatic carbocycles. The summed E-state index contributed by atoms with van der Waals surface area (Å²) in [5, 5.41) is 3.56. The van der Waals surface area contributed by atoms with Gasteiger partial charge in [0.1, 0.15) is 0 Å². The van der Waals surface area contributed by atoms with Crippen molar-refractivity contribution in [1.82, 2.24) is 4.98 Å². The van der Waals surface area contributed by atoms with Crippen LogP contribution in [0.3, 0.4) is 0 Å². The molecule has 1 N–H and O–H groups in total. The lowest BCUT2D eigenvalue weighted by Gasteiger charge is -2.06. The summed E-state index contributed by atoms with van der Waals surface area (Å²) in [6.45, 7) is 6.41. The van der Waals surface area contributed by atoms with Gasteiger partial charge in [-0.1, -0.05) is 60.5 Å². The quantitative estimate of drug-likeness (QED) is 0.774. The van der Waals surface area contributed by atoms with E-state index in [-0.39, 0.29) is 10.7 Å². The van der Waals surface area contributed by atoms with Crippen LogP contribution >= 0.6 is 27.3 Å². The van der Waals surface area contributed by atoms with Crippen LogP contribution in [0.2, 0.25) is 0 Å². The number of benzene rings is 1. The average molecular weight is 355 g/mol. The van der Waals surface area contributed by atoms with E-state index < -0.39 is 0 Å². The predicted octanol–water partition coefficient (Wildman–Crippen LogP) is 4.92. The number of fused-ring (bicyclic) bond motifs is 1. The molecular weight excluding hydrogens is 336 g/mol. The molecule has 0 radical (unpaired) electrons. The Morgan fingerprint density at radius 1 is 1.45 bits per heavy atom. The number of carbonyl (C=O) groups is 1. The maximum Gasteiger partial charge on any atom is 0.239 e. The molecule has 0 saturated heterocycles. The Morgan fingerprint density at radius 2 is 2.20 bits per heavy atom. The zero-order valence-electron chi connectivity index (χ0n) is 11.9. The molecule has 1 atom stereocenters. The summed E-state index contributed by atoms with van der Waals surface area (Å²) in [7, 11) is 0. The molecule has 0 saturated carbocycles. The van der Waals surface area contributed by atoms with E-state index in [9.17, 15) is 4.79 Å². The average Bonchev–Trinajstić information content (AvgIpc) is 2.79. The van der Waals surface area contributed by atoms with Gasteiger partial charge in [-0.15, -0.1) is 0 Å². The molecule has 1 amide bonds. The molecule has 5 heteroatoms. The number of nitrogens with one attached hydrogen (secondary N) is 1. The number of hydrogen-bond donors (Lipinski definition) is 1. The largest absolute Gasteiger partial charge is 0.301 e. The number of carbonyl (C=O) groups excluding carboxylic acids is 1. The number of hydrogen-bond acceptors (Lipinski definition) is 3. The lowest BCUT2D eigenvalue weighted by molar-refractivity contribution is -0.115. The minimum atomic E-state index is -0.147. The molecule has 2 aromatic rings. The second-order valence-corrected chi connectivity index (χ2v) is 7.28. The topological polar surface area (TPSA) is 42.0 Å². The van der Waals surface area contributed by atoms with Crippen molar-refractivity contribution in [3.05, 3.63) is 23.8 Å². The fourth-order valence-electron chi connectivity index (χ4n) is 1.92. The predicted molar refractivity (Wildman–Crippen MR) is 90.0 cm³/mol. The van der Waals surface area contributed by atoms with Crippen LogP contribution in [0.5, 0.6) is 0 Å². The number of alkyl halides is 1. The van der Waals surface area contributed by atoms with Gasteiger partial charge in [-0.2, -0.15) is 0 Å². The van der Waals surface area contributed by atoms with Gasteiger partial charge in [-0.3, -0.25) is 4.79 Å². The van der Waals surface area contributed by atoms with Gasteiger partial charge >= 0.3 is 0 Å². The number of aromatic nitrogens is 1. The maximum atomic E-state index is 12.0. The van der Waals surface area contributed by atoms with Crippen LogP contribution in [0, 0.1) is 0 Å². The number of anilines is 1. The Balaban J connectivity index is 2.17. The SMILES string of the molecule is CCCC(Br)C(=O)Nc1nc2ccc(C(C)C)cc2s1.